The zero-order valence-corrected chi connectivity index (χ0v) is 15.3. The number of benzene rings is 3. The predicted molar refractivity (Wildman–Crippen MR) is 107 cm³/mol. The van der Waals surface area contributed by atoms with E-state index in [9.17, 15) is 14.4 Å². The number of anilines is 1. The molecule has 0 atom stereocenters. The van der Waals surface area contributed by atoms with Gasteiger partial charge in [-0.05, 0) is 30.3 Å². The molecule has 8 heteroatoms. The van der Waals surface area contributed by atoms with Crippen molar-refractivity contribution in [1.29, 1.82) is 0 Å². The summed E-state index contributed by atoms with van der Waals surface area (Å²) in [6.07, 6.45) is 0. The molecular weight excluding hydrogens is 382 g/mol. The highest BCUT2D eigenvalue weighted by atomic mass is 35.5. The number of rotatable bonds is 6. The van der Waals surface area contributed by atoms with Gasteiger partial charge >= 0.3 is 0 Å². The standard InChI is InChI=1S/C20H16ClN3O4/c21-16-5-6-17(15-4-2-1-3-14(15)16)28-10-18(25)24-13-8-11(19(22)26)7-12(9-13)20(23)27/h1-9H,10H2,(H2,22,26)(H2,23,27)(H,24,25). The first-order valence-corrected chi connectivity index (χ1v) is 8.57. The number of halogens is 1. The molecule has 0 spiro atoms. The fraction of sp³-hybridized carbons (Fsp3) is 0.0500. The molecule has 0 fully saturated rings. The van der Waals surface area contributed by atoms with Crippen LogP contribution in [0.15, 0.2) is 54.6 Å². The van der Waals surface area contributed by atoms with Gasteiger partial charge in [0.1, 0.15) is 5.75 Å². The van der Waals surface area contributed by atoms with Crippen LogP contribution >= 0.6 is 11.6 Å². The number of nitrogens with one attached hydrogen (secondary N) is 1. The van der Waals surface area contributed by atoms with Crippen molar-refractivity contribution in [3.63, 3.8) is 0 Å². The number of hydrogen-bond acceptors (Lipinski definition) is 4. The fourth-order valence-electron chi connectivity index (χ4n) is 2.69. The third-order valence-corrected chi connectivity index (χ3v) is 4.31. The molecular formula is C20H16ClN3O4. The Hall–Kier alpha value is -3.58. The van der Waals surface area contributed by atoms with Crippen molar-refractivity contribution in [2.75, 3.05) is 11.9 Å². The Balaban J connectivity index is 1.76. The van der Waals surface area contributed by atoms with Crippen molar-refractivity contribution >= 4 is 45.8 Å². The molecule has 0 radical (unpaired) electrons. The topological polar surface area (TPSA) is 125 Å². The summed E-state index contributed by atoms with van der Waals surface area (Å²) in [5.41, 5.74) is 10.8. The maximum atomic E-state index is 12.3. The van der Waals surface area contributed by atoms with Gasteiger partial charge in [-0.3, -0.25) is 14.4 Å². The van der Waals surface area contributed by atoms with Gasteiger partial charge in [-0.2, -0.15) is 0 Å². The molecule has 0 aliphatic heterocycles. The van der Waals surface area contributed by atoms with Gasteiger partial charge in [-0.15, -0.1) is 0 Å². The summed E-state index contributed by atoms with van der Waals surface area (Å²) >= 11 is 6.17. The number of fused-ring (bicyclic) bond motifs is 1. The monoisotopic (exact) mass is 397 g/mol. The molecule has 0 bridgehead atoms. The third-order valence-electron chi connectivity index (χ3n) is 3.98. The van der Waals surface area contributed by atoms with E-state index in [0.717, 1.165) is 10.8 Å². The minimum absolute atomic E-state index is 0.0520. The fourth-order valence-corrected chi connectivity index (χ4v) is 2.91. The molecule has 3 amide bonds. The summed E-state index contributed by atoms with van der Waals surface area (Å²) in [5.74, 6) is -1.49. The summed E-state index contributed by atoms with van der Waals surface area (Å²) < 4.78 is 5.61. The van der Waals surface area contributed by atoms with Gasteiger partial charge in [0.15, 0.2) is 6.61 Å². The van der Waals surface area contributed by atoms with Crippen molar-refractivity contribution in [2.24, 2.45) is 11.5 Å². The zero-order chi connectivity index (χ0) is 20.3. The van der Waals surface area contributed by atoms with Crippen LogP contribution in [0.1, 0.15) is 20.7 Å². The molecule has 142 valence electrons. The van der Waals surface area contributed by atoms with Gasteiger partial charge in [0.05, 0.1) is 0 Å². The Labute approximate surface area is 165 Å². The van der Waals surface area contributed by atoms with E-state index in [-0.39, 0.29) is 23.4 Å². The van der Waals surface area contributed by atoms with Crippen molar-refractivity contribution in [3.8, 4) is 5.75 Å². The lowest BCUT2D eigenvalue weighted by Gasteiger charge is -2.11. The Morgan fingerprint density at radius 1 is 0.893 bits per heavy atom. The minimum Gasteiger partial charge on any atom is -0.483 e. The SMILES string of the molecule is NC(=O)c1cc(NC(=O)COc2ccc(Cl)c3ccccc23)cc(C(N)=O)c1. The van der Waals surface area contributed by atoms with Gasteiger partial charge in [-0.25, -0.2) is 0 Å². The van der Waals surface area contributed by atoms with Crippen LogP contribution in [0.2, 0.25) is 5.02 Å². The van der Waals surface area contributed by atoms with Crippen LogP contribution in [0.5, 0.6) is 5.75 Å². The van der Waals surface area contributed by atoms with Gasteiger partial charge in [0.25, 0.3) is 5.91 Å². The average Bonchev–Trinajstić information content (AvgIpc) is 2.67. The molecule has 3 rings (SSSR count). The van der Waals surface area contributed by atoms with Crippen molar-refractivity contribution in [1.82, 2.24) is 0 Å². The normalized spacial score (nSPS) is 10.5. The number of nitrogens with two attached hydrogens (primary N) is 2. The summed E-state index contributed by atoms with van der Waals surface area (Å²) in [5, 5.41) is 4.72. The Kier molecular flexibility index (Phi) is 5.47. The van der Waals surface area contributed by atoms with Crippen LogP contribution in [0.4, 0.5) is 5.69 Å². The highest BCUT2D eigenvalue weighted by molar-refractivity contribution is 6.35. The van der Waals surface area contributed by atoms with E-state index in [1.165, 1.54) is 18.2 Å². The average molecular weight is 398 g/mol. The molecule has 7 nitrogen and oxygen atoms in total. The Bertz CT molecular complexity index is 1070. The van der Waals surface area contributed by atoms with Crippen LogP contribution in [-0.4, -0.2) is 24.3 Å². The second kappa shape index (κ2) is 7.98. The molecule has 0 aliphatic rings. The highest BCUT2D eigenvalue weighted by Gasteiger charge is 2.12. The summed E-state index contributed by atoms with van der Waals surface area (Å²) in [4.78, 5) is 35.1. The van der Waals surface area contributed by atoms with Crippen molar-refractivity contribution < 1.29 is 19.1 Å². The number of amides is 3. The largest absolute Gasteiger partial charge is 0.483 e. The van der Waals surface area contributed by atoms with Gasteiger partial charge < -0.3 is 21.5 Å². The molecule has 3 aromatic carbocycles. The predicted octanol–water partition coefficient (Wildman–Crippen LogP) is 2.71. The molecule has 0 saturated heterocycles. The number of carbonyl (C=O) groups excluding carboxylic acids is 3. The van der Waals surface area contributed by atoms with E-state index < -0.39 is 17.7 Å². The third kappa shape index (κ3) is 4.21. The van der Waals surface area contributed by atoms with E-state index in [2.05, 4.69) is 5.32 Å². The first kappa shape index (κ1) is 19.2. The van der Waals surface area contributed by atoms with E-state index in [1.54, 1.807) is 12.1 Å². The minimum atomic E-state index is -0.748. The number of primary amides is 2. The van der Waals surface area contributed by atoms with Crippen LogP contribution in [0.3, 0.4) is 0 Å². The van der Waals surface area contributed by atoms with Crippen LogP contribution < -0.4 is 21.5 Å². The Morgan fingerprint density at radius 2 is 1.50 bits per heavy atom. The summed E-state index contributed by atoms with van der Waals surface area (Å²) in [7, 11) is 0. The van der Waals surface area contributed by atoms with E-state index >= 15 is 0 Å². The second-order valence-corrected chi connectivity index (χ2v) is 6.36. The maximum absolute atomic E-state index is 12.3. The number of ether oxygens (including phenoxy) is 1. The quantitative estimate of drug-likeness (QED) is 0.591. The van der Waals surface area contributed by atoms with Gasteiger partial charge in [0.2, 0.25) is 11.8 Å². The molecule has 0 unspecified atom stereocenters. The molecule has 3 aromatic rings. The van der Waals surface area contributed by atoms with Gasteiger partial charge in [0, 0.05) is 32.6 Å². The molecule has 28 heavy (non-hydrogen) atoms. The van der Waals surface area contributed by atoms with Crippen LogP contribution in [-0.2, 0) is 4.79 Å². The van der Waals surface area contributed by atoms with E-state index in [0.29, 0.717) is 10.8 Å². The first-order chi connectivity index (χ1) is 13.3. The molecule has 0 aliphatic carbocycles. The highest BCUT2D eigenvalue weighted by Crippen LogP contribution is 2.31. The van der Waals surface area contributed by atoms with E-state index in [1.807, 2.05) is 24.3 Å². The lowest BCUT2D eigenvalue weighted by atomic mass is 10.1. The van der Waals surface area contributed by atoms with Crippen molar-refractivity contribution in [2.45, 2.75) is 0 Å². The maximum Gasteiger partial charge on any atom is 0.262 e. The summed E-state index contributed by atoms with van der Waals surface area (Å²) in [6.45, 7) is -0.293. The van der Waals surface area contributed by atoms with Crippen molar-refractivity contribution in [3.05, 3.63) is 70.7 Å². The summed E-state index contributed by atoms with van der Waals surface area (Å²) in [6, 6.07) is 14.7. The lowest BCUT2D eigenvalue weighted by molar-refractivity contribution is -0.118. The number of hydrogen-bond donors (Lipinski definition) is 3. The molecule has 5 N–H and O–H groups in total. The molecule has 0 saturated carbocycles. The Morgan fingerprint density at radius 3 is 2.11 bits per heavy atom. The van der Waals surface area contributed by atoms with E-state index in [4.69, 9.17) is 27.8 Å². The smallest absolute Gasteiger partial charge is 0.262 e. The lowest BCUT2D eigenvalue weighted by Crippen LogP contribution is -2.22. The van der Waals surface area contributed by atoms with Crippen LogP contribution in [0.25, 0.3) is 10.8 Å². The molecule has 0 heterocycles. The zero-order valence-electron chi connectivity index (χ0n) is 14.6. The van der Waals surface area contributed by atoms with Gasteiger partial charge in [-0.1, -0.05) is 35.9 Å². The van der Waals surface area contributed by atoms with Crippen LogP contribution in [0, 0.1) is 0 Å². The number of carbonyl (C=O) groups is 3. The second-order valence-electron chi connectivity index (χ2n) is 5.96. The first-order valence-electron chi connectivity index (χ1n) is 8.20. The molecule has 0 aromatic heterocycles.